The van der Waals surface area contributed by atoms with E-state index in [4.69, 9.17) is 0 Å². The van der Waals surface area contributed by atoms with E-state index < -0.39 is 0 Å². The van der Waals surface area contributed by atoms with Crippen molar-refractivity contribution in [1.29, 1.82) is 0 Å². The largest absolute Gasteiger partial charge is 1.00 e. The van der Waals surface area contributed by atoms with E-state index in [2.05, 4.69) is 5.32 Å². The molecule has 0 aliphatic carbocycles. The van der Waals surface area contributed by atoms with Crippen molar-refractivity contribution in [1.82, 2.24) is 0 Å². The topological polar surface area (TPSA) is 31.2 Å². The van der Waals surface area contributed by atoms with Gasteiger partial charge >= 0.3 is 51.4 Å². The number of hydrogen-bond acceptors (Lipinski definition) is 1. The number of carbonyl (C=O) groups excluding carboxylic acids is 1. The summed E-state index contributed by atoms with van der Waals surface area (Å²) in [5, 5.41) is 4.01. The summed E-state index contributed by atoms with van der Waals surface area (Å²) in [5.74, 6) is 0.370. The van der Waals surface area contributed by atoms with Crippen LogP contribution in [0.2, 0.25) is 0 Å². The molecule has 1 fully saturated rings. The van der Waals surface area contributed by atoms with E-state index in [9.17, 15) is 4.79 Å². The molecule has 1 rings (SSSR count). The van der Waals surface area contributed by atoms with Crippen LogP contribution in [0.25, 0.3) is 5.32 Å². The fourth-order valence-corrected chi connectivity index (χ4v) is 0.644. The molecular formula is C7H14KNO. The standard InChI is InChI=1S/C5H8NO.C2H6.K/c7-5-1-3-6-4-2-5;1-2;/h1-4H2;1-2H3;/q-1;;+1. The maximum Gasteiger partial charge on any atom is 1.00 e. The number of ketones is 1. The second kappa shape index (κ2) is 10.3. The van der Waals surface area contributed by atoms with Gasteiger partial charge in [0.1, 0.15) is 5.78 Å². The first-order valence-electron chi connectivity index (χ1n) is 3.54. The van der Waals surface area contributed by atoms with Crippen LogP contribution in [0.15, 0.2) is 0 Å². The summed E-state index contributed by atoms with van der Waals surface area (Å²) in [7, 11) is 0. The van der Waals surface area contributed by atoms with Crippen LogP contribution >= 0.6 is 0 Å². The molecule has 0 aromatic rings. The van der Waals surface area contributed by atoms with Gasteiger partial charge in [0.25, 0.3) is 0 Å². The average molecular weight is 167 g/mol. The molecule has 0 bridgehead atoms. The second-order valence-corrected chi connectivity index (χ2v) is 1.71. The predicted molar refractivity (Wildman–Crippen MR) is 38.7 cm³/mol. The van der Waals surface area contributed by atoms with Crippen molar-refractivity contribution >= 4 is 5.78 Å². The molecule has 10 heavy (non-hydrogen) atoms. The Bertz CT molecular complexity index is 77.7. The SMILES string of the molecule is CC.O=C1CC[N-]CC1.[K+]. The van der Waals surface area contributed by atoms with Crippen LogP contribution in [-0.2, 0) is 4.79 Å². The molecule has 1 heterocycles. The van der Waals surface area contributed by atoms with Crippen LogP contribution in [0.4, 0.5) is 0 Å². The smallest absolute Gasteiger partial charge is 0.662 e. The van der Waals surface area contributed by atoms with Gasteiger partial charge in [0.05, 0.1) is 0 Å². The van der Waals surface area contributed by atoms with E-state index in [0.29, 0.717) is 18.6 Å². The first-order valence-corrected chi connectivity index (χ1v) is 3.54. The molecule has 1 saturated heterocycles. The number of nitrogens with zero attached hydrogens (tertiary/aromatic N) is 1. The molecule has 2 nitrogen and oxygen atoms in total. The van der Waals surface area contributed by atoms with E-state index in [1.807, 2.05) is 13.8 Å². The molecule has 0 amide bonds. The van der Waals surface area contributed by atoms with E-state index in [-0.39, 0.29) is 51.4 Å². The maximum absolute atomic E-state index is 10.4. The maximum atomic E-state index is 10.4. The average Bonchev–Trinajstić information content (AvgIpc) is 1.94. The van der Waals surface area contributed by atoms with Crippen LogP contribution in [0, 0.1) is 0 Å². The van der Waals surface area contributed by atoms with Crippen molar-refractivity contribution in [3.8, 4) is 0 Å². The number of piperidine rings is 1. The second-order valence-electron chi connectivity index (χ2n) is 1.71. The number of Topliss-reactive ketones (excluding diaryl/α,β-unsaturated/α-hetero) is 1. The normalized spacial score (nSPS) is 16.4. The Kier molecular flexibility index (Phi) is 14.2. The van der Waals surface area contributed by atoms with Crippen molar-refractivity contribution in [2.75, 3.05) is 13.1 Å². The summed E-state index contributed by atoms with van der Waals surface area (Å²) >= 11 is 0. The van der Waals surface area contributed by atoms with Gasteiger partial charge in [-0.1, -0.05) is 13.8 Å². The first kappa shape index (κ1) is 13.8. The minimum atomic E-state index is 0. The van der Waals surface area contributed by atoms with E-state index >= 15 is 0 Å². The summed E-state index contributed by atoms with van der Waals surface area (Å²) in [6, 6.07) is 0. The minimum Gasteiger partial charge on any atom is -0.662 e. The van der Waals surface area contributed by atoms with Crippen molar-refractivity contribution in [2.24, 2.45) is 0 Å². The van der Waals surface area contributed by atoms with Crippen molar-refractivity contribution < 1.29 is 56.2 Å². The summed E-state index contributed by atoms with van der Waals surface area (Å²) in [6.07, 6.45) is 1.36. The Hall–Kier alpha value is 1.27. The Morgan fingerprint density at radius 1 is 1.20 bits per heavy atom. The Balaban J connectivity index is 0. The Morgan fingerprint density at radius 3 is 1.80 bits per heavy atom. The van der Waals surface area contributed by atoms with E-state index in [1.54, 1.807) is 0 Å². The van der Waals surface area contributed by atoms with Crippen molar-refractivity contribution in [3.63, 3.8) is 0 Å². The Labute approximate surface area is 106 Å². The van der Waals surface area contributed by atoms with Crippen LogP contribution in [0.1, 0.15) is 26.7 Å². The molecule has 54 valence electrons. The summed E-state index contributed by atoms with van der Waals surface area (Å²) in [5.41, 5.74) is 0. The van der Waals surface area contributed by atoms with Gasteiger partial charge in [-0.2, -0.15) is 0 Å². The van der Waals surface area contributed by atoms with Crippen molar-refractivity contribution in [2.45, 2.75) is 26.7 Å². The number of carbonyl (C=O) groups is 1. The van der Waals surface area contributed by atoms with Crippen LogP contribution in [0.5, 0.6) is 0 Å². The van der Waals surface area contributed by atoms with Gasteiger partial charge < -0.3 is 5.32 Å². The van der Waals surface area contributed by atoms with Crippen LogP contribution in [0.3, 0.4) is 0 Å². The van der Waals surface area contributed by atoms with Crippen molar-refractivity contribution in [3.05, 3.63) is 5.32 Å². The van der Waals surface area contributed by atoms with Crippen LogP contribution in [-0.4, -0.2) is 18.9 Å². The molecule has 0 unspecified atom stereocenters. The third-order valence-electron chi connectivity index (χ3n) is 1.10. The van der Waals surface area contributed by atoms with Gasteiger partial charge in [-0.25, -0.2) is 0 Å². The van der Waals surface area contributed by atoms with Gasteiger partial charge in [0, 0.05) is 0 Å². The fraction of sp³-hybridized carbons (Fsp3) is 0.857. The quantitative estimate of drug-likeness (QED) is 0.415. The van der Waals surface area contributed by atoms with Gasteiger partial charge in [-0.3, -0.25) is 4.79 Å². The molecular weight excluding hydrogens is 153 g/mol. The zero-order valence-electron chi connectivity index (χ0n) is 7.18. The number of hydrogen-bond donors (Lipinski definition) is 0. The molecule has 0 radical (unpaired) electrons. The predicted octanol–water partition coefficient (Wildman–Crippen LogP) is -1.25. The molecule has 1 aliphatic heterocycles. The molecule has 0 N–H and O–H groups in total. The molecule has 3 heteroatoms. The third-order valence-corrected chi connectivity index (χ3v) is 1.10. The molecule has 1 aliphatic rings. The van der Waals surface area contributed by atoms with Gasteiger partial charge in [0.2, 0.25) is 0 Å². The fourth-order valence-electron chi connectivity index (χ4n) is 0.644. The number of rotatable bonds is 0. The first-order chi connectivity index (χ1) is 4.39. The van der Waals surface area contributed by atoms with Gasteiger partial charge in [-0.05, 0) is 12.8 Å². The summed E-state index contributed by atoms with van der Waals surface area (Å²) in [6.45, 7) is 5.53. The van der Waals surface area contributed by atoms with Gasteiger partial charge in [-0.15, -0.1) is 13.1 Å². The zero-order valence-corrected chi connectivity index (χ0v) is 10.3. The molecule has 0 spiro atoms. The van der Waals surface area contributed by atoms with E-state index in [1.165, 1.54) is 0 Å². The molecule has 0 atom stereocenters. The summed E-state index contributed by atoms with van der Waals surface area (Å²) < 4.78 is 0. The Morgan fingerprint density at radius 2 is 1.60 bits per heavy atom. The zero-order chi connectivity index (χ0) is 7.11. The van der Waals surface area contributed by atoms with Crippen LogP contribution < -0.4 is 51.4 Å². The van der Waals surface area contributed by atoms with E-state index in [0.717, 1.165) is 13.1 Å². The monoisotopic (exact) mass is 167 g/mol. The molecule has 0 aromatic carbocycles. The summed E-state index contributed by atoms with van der Waals surface area (Å²) in [4.78, 5) is 10.4. The molecule has 0 saturated carbocycles. The van der Waals surface area contributed by atoms with Gasteiger partial charge in [0.15, 0.2) is 0 Å². The molecule has 0 aromatic heterocycles. The third kappa shape index (κ3) is 7.37. The minimum absolute atomic E-state index is 0.